The number of nitriles is 1. The maximum Gasteiger partial charge on any atom is 0.416 e. The minimum atomic E-state index is -4.78. The van der Waals surface area contributed by atoms with E-state index in [1.54, 1.807) is 6.07 Å². The number of esters is 1. The lowest BCUT2D eigenvalue weighted by atomic mass is 9.78. The summed E-state index contributed by atoms with van der Waals surface area (Å²) in [6.07, 6.45) is -4.78. The number of ether oxygens (including phenoxy) is 1. The molecule has 1 aliphatic heterocycles. The maximum atomic E-state index is 13.4. The number of carbonyl (C=O) groups is 2. The van der Waals surface area contributed by atoms with Crippen LogP contribution in [0.25, 0.3) is 0 Å². The van der Waals surface area contributed by atoms with Crippen LogP contribution in [0.5, 0.6) is 0 Å². The van der Waals surface area contributed by atoms with E-state index in [9.17, 15) is 33.1 Å². The van der Waals surface area contributed by atoms with Crippen LogP contribution in [0.3, 0.4) is 0 Å². The van der Waals surface area contributed by atoms with Crippen molar-refractivity contribution >= 4 is 11.9 Å². The molecular formula is C17H13F3N2O4. The quantitative estimate of drug-likeness (QED) is 0.798. The lowest BCUT2D eigenvalue weighted by Gasteiger charge is -2.29. The topological polar surface area (TPSA) is 99.4 Å². The molecule has 1 aromatic rings. The predicted octanol–water partition coefficient (Wildman–Crippen LogP) is 2.70. The predicted molar refractivity (Wildman–Crippen MR) is 82.3 cm³/mol. The van der Waals surface area contributed by atoms with Crippen LogP contribution < -0.4 is 5.32 Å². The Kier molecular flexibility index (Phi) is 5.07. The summed E-state index contributed by atoms with van der Waals surface area (Å²) in [5.74, 6) is -4.23. The number of benzene rings is 1. The Labute approximate surface area is 146 Å². The third-order valence-corrected chi connectivity index (χ3v) is 3.89. The number of nitrogens with one attached hydrogen (secondary N) is 1. The molecule has 0 amide bonds. The number of allylic oxidation sites excluding steroid dienone is 2. The SMILES string of the molecule is COC(=O)C1=C(C#N)NC(C)=C(C(=O)O)C1c1ccccc1C(F)(F)F. The molecule has 1 atom stereocenters. The van der Waals surface area contributed by atoms with E-state index in [1.165, 1.54) is 13.0 Å². The van der Waals surface area contributed by atoms with Gasteiger partial charge in [0.1, 0.15) is 11.8 Å². The van der Waals surface area contributed by atoms with Gasteiger partial charge in [-0.2, -0.15) is 18.4 Å². The van der Waals surface area contributed by atoms with Crippen molar-refractivity contribution in [2.45, 2.75) is 19.0 Å². The Balaban J connectivity index is 2.88. The monoisotopic (exact) mass is 366 g/mol. The third-order valence-electron chi connectivity index (χ3n) is 3.89. The summed E-state index contributed by atoms with van der Waals surface area (Å²) in [4.78, 5) is 23.9. The Morgan fingerprint density at radius 2 is 1.88 bits per heavy atom. The molecule has 9 heteroatoms. The van der Waals surface area contributed by atoms with Gasteiger partial charge < -0.3 is 15.2 Å². The van der Waals surface area contributed by atoms with Gasteiger partial charge in [-0.05, 0) is 18.6 Å². The van der Waals surface area contributed by atoms with Gasteiger partial charge in [0, 0.05) is 5.70 Å². The smallest absolute Gasteiger partial charge is 0.416 e. The van der Waals surface area contributed by atoms with Gasteiger partial charge in [-0.3, -0.25) is 0 Å². The van der Waals surface area contributed by atoms with Gasteiger partial charge in [0.05, 0.1) is 29.7 Å². The van der Waals surface area contributed by atoms with Crippen LogP contribution in [0.4, 0.5) is 13.2 Å². The van der Waals surface area contributed by atoms with E-state index in [-0.39, 0.29) is 11.4 Å². The molecule has 1 aromatic carbocycles. The molecule has 0 spiro atoms. The first-order valence-electron chi connectivity index (χ1n) is 7.23. The second kappa shape index (κ2) is 6.92. The molecule has 2 N–H and O–H groups in total. The summed E-state index contributed by atoms with van der Waals surface area (Å²) in [7, 11) is 0.989. The van der Waals surface area contributed by atoms with E-state index < -0.39 is 46.3 Å². The fourth-order valence-corrected chi connectivity index (χ4v) is 2.85. The van der Waals surface area contributed by atoms with Gasteiger partial charge in [0.25, 0.3) is 0 Å². The van der Waals surface area contributed by atoms with Gasteiger partial charge in [-0.25, -0.2) is 9.59 Å². The fourth-order valence-electron chi connectivity index (χ4n) is 2.85. The van der Waals surface area contributed by atoms with Crippen molar-refractivity contribution in [3.8, 4) is 6.07 Å². The molecule has 0 aromatic heterocycles. The number of alkyl halides is 3. The molecular weight excluding hydrogens is 353 g/mol. The summed E-state index contributed by atoms with van der Waals surface area (Å²) in [6, 6.07) is 5.98. The number of rotatable bonds is 3. The van der Waals surface area contributed by atoms with Gasteiger partial charge in [0.2, 0.25) is 0 Å². The molecule has 2 rings (SSSR count). The van der Waals surface area contributed by atoms with Crippen molar-refractivity contribution in [2.24, 2.45) is 0 Å². The Morgan fingerprint density at radius 1 is 1.27 bits per heavy atom. The van der Waals surface area contributed by atoms with E-state index in [0.29, 0.717) is 0 Å². The van der Waals surface area contributed by atoms with Crippen molar-refractivity contribution in [3.05, 3.63) is 57.9 Å². The third kappa shape index (κ3) is 3.26. The fraction of sp³-hybridized carbons (Fsp3) is 0.235. The van der Waals surface area contributed by atoms with Crippen LogP contribution in [0.15, 0.2) is 46.8 Å². The van der Waals surface area contributed by atoms with E-state index >= 15 is 0 Å². The number of halogens is 3. The number of carbonyl (C=O) groups excluding carboxylic acids is 1. The second-order valence-electron chi connectivity index (χ2n) is 5.38. The highest BCUT2D eigenvalue weighted by atomic mass is 19.4. The molecule has 136 valence electrons. The molecule has 0 radical (unpaired) electrons. The molecule has 1 aliphatic rings. The number of carboxylic acids is 1. The van der Waals surface area contributed by atoms with E-state index in [0.717, 1.165) is 25.3 Å². The van der Waals surface area contributed by atoms with Crippen molar-refractivity contribution in [1.29, 1.82) is 5.26 Å². The van der Waals surface area contributed by atoms with Crippen LogP contribution in [-0.4, -0.2) is 24.2 Å². The highest BCUT2D eigenvalue weighted by Gasteiger charge is 2.43. The van der Waals surface area contributed by atoms with Crippen LogP contribution in [-0.2, 0) is 20.5 Å². The minimum Gasteiger partial charge on any atom is -0.478 e. The molecule has 1 unspecified atom stereocenters. The number of carboxylic acid groups (broad SMARTS) is 1. The molecule has 0 saturated heterocycles. The molecule has 0 bridgehead atoms. The number of nitrogens with zero attached hydrogens (tertiary/aromatic N) is 1. The minimum absolute atomic E-state index is 0.0383. The maximum absolute atomic E-state index is 13.4. The highest BCUT2D eigenvalue weighted by Crippen LogP contribution is 2.43. The first-order chi connectivity index (χ1) is 12.1. The zero-order valence-electron chi connectivity index (χ0n) is 13.6. The van der Waals surface area contributed by atoms with E-state index in [1.807, 2.05) is 0 Å². The van der Waals surface area contributed by atoms with Gasteiger partial charge in [-0.15, -0.1) is 0 Å². The van der Waals surface area contributed by atoms with Crippen LogP contribution in [0, 0.1) is 11.3 Å². The zero-order valence-corrected chi connectivity index (χ0v) is 13.6. The molecule has 1 heterocycles. The standard InChI is InChI=1S/C17H13F3N2O4/c1-8-12(15(23)24)13(14(16(25)26-2)11(7-21)22-8)9-5-3-4-6-10(9)17(18,19)20/h3-6,13,22H,1-2H3,(H,23,24). The van der Waals surface area contributed by atoms with Crippen molar-refractivity contribution in [3.63, 3.8) is 0 Å². The van der Waals surface area contributed by atoms with Crippen LogP contribution >= 0.6 is 0 Å². The van der Waals surface area contributed by atoms with Gasteiger partial charge in [0.15, 0.2) is 0 Å². The number of hydrogen-bond acceptors (Lipinski definition) is 5. The molecule has 0 aliphatic carbocycles. The summed E-state index contributed by atoms with van der Waals surface area (Å²) in [5, 5.41) is 21.3. The number of hydrogen-bond donors (Lipinski definition) is 2. The number of methoxy groups -OCH3 is 1. The van der Waals surface area contributed by atoms with Crippen molar-refractivity contribution in [1.82, 2.24) is 5.32 Å². The van der Waals surface area contributed by atoms with Crippen molar-refractivity contribution < 1.29 is 32.6 Å². The summed E-state index contributed by atoms with van der Waals surface area (Å²) < 4.78 is 44.9. The van der Waals surface area contributed by atoms with Crippen LogP contribution in [0.1, 0.15) is 24.0 Å². The number of aliphatic carboxylic acids is 1. The average Bonchev–Trinajstić information content (AvgIpc) is 2.58. The first kappa shape index (κ1) is 19.1. The van der Waals surface area contributed by atoms with Crippen LogP contribution in [0.2, 0.25) is 0 Å². The molecule has 6 nitrogen and oxygen atoms in total. The molecule has 0 saturated carbocycles. The second-order valence-corrected chi connectivity index (χ2v) is 5.38. The Morgan fingerprint density at radius 3 is 2.38 bits per heavy atom. The molecule has 26 heavy (non-hydrogen) atoms. The lowest BCUT2D eigenvalue weighted by Crippen LogP contribution is -2.33. The van der Waals surface area contributed by atoms with E-state index in [2.05, 4.69) is 10.1 Å². The van der Waals surface area contributed by atoms with Crippen molar-refractivity contribution in [2.75, 3.05) is 7.11 Å². The lowest BCUT2D eigenvalue weighted by molar-refractivity contribution is -0.140. The molecule has 0 fully saturated rings. The largest absolute Gasteiger partial charge is 0.478 e. The van der Waals surface area contributed by atoms with E-state index in [4.69, 9.17) is 0 Å². The Bertz CT molecular complexity index is 879. The summed E-state index contributed by atoms with van der Waals surface area (Å²) in [6.45, 7) is 1.30. The van der Waals surface area contributed by atoms with Gasteiger partial charge >= 0.3 is 18.1 Å². The summed E-state index contributed by atoms with van der Waals surface area (Å²) >= 11 is 0. The highest BCUT2D eigenvalue weighted by molar-refractivity contribution is 5.99. The average molecular weight is 366 g/mol. The summed E-state index contributed by atoms with van der Waals surface area (Å²) in [5.41, 5.74) is -2.91. The first-order valence-corrected chi connectivity index (χ1v) is 7.23. The van der Waals surface area contributed by atoms with Gasteiger partial charge in [-0.1, -0.05) is 18.2 Å². The Hall–Kier alpha value is -3.28. The zero-order chi connectivity index (χ0) is 19.6. The normalized spacial score (nSPS) is 17.5. The number of dihydropyridines is 1.